The first-order valence-corrected chi connectivity index (χ1v) is 5.79. The fourth-order valence-electron chi connectivity index (χ4n) is 2.06. The summed E-state index contributed by atoms with van der Waals surface area (Å²) in [6.07, 6.45) is 2.51. The lowest BCUT2D eigenvalue weighted by Crippen LogP contribution is -2.31. The van der Waals surface area contributed by atoms with Gasteiger partial charge in [0, 0.05) is 31.9 Å². The number of hydrogen-bond acceptors (Lipinski definition) is 4. The Labute approximate surface area is 104 Å². The zero-order valence-electron chi connectivity index (χ0n) is 9.95. The summed E-state index contributed by atoms with van der Waals surface area (Å²) >= 11 is 0. The van der Waals surface area contributed by atoms with E-state index >= 15 is 0 Å². The Balaban J connectivity index is 2.04. The molecule has 18 heavy (non-hydrogen) atoms. The standard InChI is InChI=1S/C12H13N5O/c1-13-12-15-5-3-9(17-12)10-6-7-8(16-10)2-4-14-11(7)18/h3,5-6,16H,2,4H2,1H3,(H,14,18)(H,13,15,17). The molecule has 1 amide bonds. The highest BCUT2D eigenvalue weighted by molar-refractivity contribution is 5.97. The van der Waals surface area contributed by atoms with Gasteiger partial charge in [0.2, 0.25) is 5.95 Å². The van der Waals surface area contributed by atoms with Gasteiger partial charge in [-0.1, -0.05) is 0 Å². The van der Waals surface area contributed by atoms with Crippen molar-refractivity contribution in [2.24, 2.45) is 0 Å². The molecule has 0 radical (unpaired) electrons. The number of anilines is 1. The van der Waals surface area contributed by atoms with Crippen molar-refractivity contribution in [3.05, 3.63) is 29.6 Å². The molecule has 6 nitrogen and oxygen atoms in total. The van der Waals surface area contributed by atoms with Crippen LogP contribution in [0, 0.1) is 0 Å². The fourth-order valence-corrected chi connectivity index (χ4v) is 2.06. The molecular formula is C12H13N5O. The van der Waals surface area contributed by atoms with Crippen molar-refractivity contribution in [2.75, 3.05) is 18.9 Å². The second-order valence-electron chi connectivity index (χ2n) is 4.10. The summed E-state index contributed by atoms with van der Waals surface area (Å²) < 4.78 is 0. The van der Waals surface area contributed by atoms with Gasteiger partial charge in [-0.3, -0.25) is 4.79 Å². The minimum Gasteiger partial charge on any atom is -0.357 e. The first-order valence-electron chi connectivity index (χ1n) is 5.79. The van der Waals surface area contributed by atoms with Crippen LogP contribution in [0.2, 0.25) is 0 Å². The molecule has 3 rings (SSSR count). The highest BCUT2D eigenvalue weighted by atomic mass is 16.1. The lowest BCUT2D eigenvalue weighted by molar-refractivity contribution is 0.0946. The normalized spacial score (nSPS) is 13.9. The maximum Gasteiger partial charge on any atom is 0.253 e. The molecule has 6 heteroatoms. The Morgan fingerprint density at radius 3 is 3.11 bits per heavy atom. The quantitative estimate of drug-likeness (QED) is 0.728. The van der Waals surface area contributed by atoms with E-state index in [0.717, 1.165) is 23.5 Å². The van der Waals surface area contributed by atoms with E-state index in [9.17, 15) is 4.79 Å². The number of amides is 1. The average Bonchev–Trinajstić information content (AvgIpc) is 2.84. The van der Waals surface area contributed by atoms with Crippen molar-refractivity contribution in [3.63, 3.8) is 0 Å². The summed E-state index contributed by atoms with van der Waals surface area (Å²) in [5, 5.41) is 5.71. The first kappa shape index (κ1) is 10.8. The molecule has 3 heterocycles. The monoisotopic (exact) mass is 243 g/mol. The molecule has 92 valence electrons. The molecule has 3 N–H and O–H groups in total. The first-order chi connectivity index (χ1) is 8.78. The van der Waals surface area contributed by atoms with Crippen molar-refractivity contribution < 1.29 is 4.79 Å². The third kappa shape index (κ3) is 1.71. The van der Waals surface area contributed by atoms with Gasteiger partial charge >= 0.3 is 0 Å². The van der Waals surface area contributed by atoms with Crippen LogP contribution in [0.15, 0.2) is 18.3 Å². The van der Waals surface area contributed by atoms with Gasteiger partial charge in [0.15, 0.2) is 0 Å². The molecule has 0 unspecified atom stereocenters. The van der Waals surface area contributed by atoms with E-state index < -0.39 is 0 Å². The predicted octanol–water partition coefficient (Wildman–Crippen LogP) is 0.799. The summed E-state index contributed by atoms with van der Waals surface area (Å²) in [6, 6.07) is 3.65. The van der Waals surface area contributed by atoms with Crippen molar-refractivity contribution in [1.82, 2.24) is 20.3 Å². The number of carbonyl (C=O) groups excluding carboxylic acids is 1. The van der Waals surface area contributed by atoms with Crippen LogP contribution in [0.4, 0.5) is 5.95 Å². The number of carbonyl (C=O) groups is 1. The Morgan fingerprint density at radius 1 is 1.44 bits per heavy atom. The van der Waals surface area contributed by atoms with Crippen LogP contribution in [0.5, 0.6) is 0 Å². The van der Waals surface area contributed by atoms with Crippen molar-refractivity contribution in [2.45, 2.75) is 6.42 Å². The summed E-state index contributed by atoms with van der Waals surface area (Å²) in [6.45, 7) is 0.678. The molecule has 0 saturated carbocycles. The Morgan fingerprint density at radius 2 is 2.33 bits per heavy atom. The number of aromatic nitrogens is 3. The minimum atomic E-state index is -0.0263. The zero-order valence-corrected chi connectivity index (χ0v) is 9.95. The molecule has 0 aromatic carbocycles. The molecule has 1 aliphatic heterocycles. The zero-order chi connectivity index (χ0) is 12.5. The van der Waals surface area contributed by atoms with E-state index in [-0.39, 0.29) is 5.91 Å². The van der Waals surface area contributed by atoms with Gasteiger partial charge in [-0.15, -0.1) is 0 Å². The molecule has 0 bridgehead atoms. The molecule has 0 atom stereocenters. The molecule has 0 spiro atoms. The molecule has 0 aliphatic carbocycles. The summed E-state index contributed by atoms with van der Waals surface area (Å²) in [7, 11) is 1.77. The van der Waals surface area contributed by atoms with E-state index in [4.69, 9.17) is 0 Å². The van der Waals surface area contributed by atoms with Crippen molar-refractivity contribution in [3.8, 4) is 11.4 Å². The van der Waals surface area contributed by atoms with Crippen LogP contribution in [-0.2, 0) is 6.42 Å². The highest BCUT2D eigenvalue weighted by Gasteiger charge is 2.20. The number of nitrogens with zero attached hydrogens (tertiary/aromatic N) is 2. The Bertz CT molecular complexity index is 604. The molecular weight excluding hydrogens is 230 g/mol. The van der Waals surface area contributed by atoms with Crippen molar-refractivity contribution >= 4 is 11.9 Å². The SMILES string of the molecule is CNc1nccc(-c2cc3c([nH]2)CCNC3=O)n1. The fraction of sp³-hybridized carbons (Fsp3) is 0.250. The second-order valence-corrected chi connectivity index (χ2v) is 4.10. The Hall–Kier alpha value is -2.37. The molecule has 1 aliphatic rings. The topological polar surface area (TPSA) is 82.7 Å². The van der Waals surface area contributed by atoms with Gasteiger partial charge in [-0.05, 0) is 12.1 Å². The highest BCUT2D eigenvalue weighted by Crippen LogP contribution is 2.22. The average molecular weight is 243 g/mol. The van der Waals surface area contributed by atoms with E-state index in [0.29, 0.717) is 18.1 Å². The number of aromatic amines is 1. The van der Waals surface area contributed by atoms with Crippen LogP contribution in [0.25, 0.3) is 11.4 Å². The number of rotatable bonds is 2. The van der Waals surface area contributed by atoms with E-state index in [1.54, 1.807) is 13.2 Å². The van der Waals surface area contributed by atoms with Gasteiger partial charge < -0.3 is 15.6 Å². The lowest BCUT2D eigenvalue weighted by atomic mass is 10.1. The van der Waals surface area contributed by atoms with Gasteiger partial charge in [-0.25, -0.2) is 9.97 Å². The Kier molecular flexibility index (Phi) is 2.47. The van der Waals surface area contributed by atoms with Gasteiger partial charge in [0.25, 0.3) is 5.91 Å². The van der Waals surface area contributed by atoms with E-state index in [1.165, 1.54) is 0 Å². The van der Waals surface area contributed by atoms with Crippen LogP contribution >= 0.6 is 0 Å². The van der Waals surface area contributed by atoms with Crippen LogP contribution in [-0.4, -0.2) is 34.5 Å². The van der Waals surface area contributed by atoms with Crippen LogP contribution in [0.1, 0.15) is 16.1 Å². The van der Waals surface area contributed by atoms with Gasteiger partial charge in [-0.2, -0.15) is 0 Å². The van der Waals surface area contributed by atoms with E-state index in [1.807, 2.05) is 12.1 Å². The maximum absolute atomic E-state index is 11.7. The lowest BCUT2D eigenvalue weighted by Gasteiger charge is -2.10. The summed E-state index contributed by atoms with van der Waals surface area (Å²) in [4.78, 5) is 23.3. The number of H-pyrrole nitrogens is 1. The molecule has 2 aromatic rings. The van der Waals surface area contributed by atoms with E-state index in [2.05, 4.69) is 25.6 Å². The summed E-state index contributed by atoms with van der Waals surface area (Å²) in [5.41, 5.74) is 3.30. The molecule has 2 aromatic heterocycles. The van der Waals surface area contributed by atoms with Crippen LogP contribution < -0.4 is 10.6 Å². The minimum absolute atomic E-state index is 0.0263. The van der Waals surface area contributed by atoms with Crippen LogP contribution in [0.3, 0.4) is 0 Å². The smallest absolute Gasteiger partial charge is 0.253 e. The third-order valence-corrected chi connectivity index (χ3v) is 2.96. The third-order valence-electron chi connectivity index (χ3n) is 2.96. The number of fused-ring (bicyclic) bond motifs is 1. The van der Waals surface area contributed by atoms with Gasteiger partial charge in [0.05, 0.1) is 17.0 Å². The summed E-state index contributed by atoms with van der Waals surface area (Å²) in [5.74, 6) is 0.533. The second kappa shape index (κ2) is 4.14. The number of hydrogen-bond donors (Lipinski definition) is 3. The van der Waals surface area contributed by atoms with Crippen molar-refractivity contribution in [1.29, 1.82) is 0 Å². The molecule has 0 fully saturated rings. The number of nitrogens with one attached hydrogen (secondary N) is 3. The largest absolute Gasteiger partial charge is 0.357 e. The maximum atomic E-state index is 11.7. The van der Waals surface area contributed by atoms with Gasteiger partial charge in [0.1, 0.15) is 0 Å². The predicted molar refractivity (Wildman–Crippen MR) is 67.4 cm³/mol. The molecule has 0 saturated heterocycles.